The molecule has 0 radical (unpaired) electrons. The molecule has 24 heavy (non-hydrogen) atoms. The zero-order valence-corrected chi connectivity index (χ0v) is 14.5. The van der Waals surface area contributed by atoms with Crippen LogP contribution in [-0.4, -0.2) is 50.2 Å². The average molecular weight is 355 g/mol. The lowest BCUT2D eigenvalue weighted by atomic mass is 9.73. The number of carbonyl (C=O) groups excluding carboxylic acids is 1. The molecule has 0 unspecified atom stereocenters. The zero-order chi connectivity index (χ0) is 15.9. The molecule has 1 aromatic carbocycles. The van der Waals surface area contributed by atoms with Crippen LogP contribution in [0.4, 0.5) is 4.39 Å². The number of hydrogen-bond donors (Lipinski definition) is 1. The molecule has 3 aliphatic heterocycles. The summed E-state index contributed by atoms with van der Waals surface area (Å²) in [6, 6.07) is 6.57. The predicted molar refractivity (Wildman–Crippen MR) is 91.8 cm³/mol. The number of halogens is 2. The van der Waals surface area contributed by atoms with Crippen molar-refractivity contribution in [3.05, 3.63) is 35.6 Å². The molecule has 3 fully saturated rings. The third kappa shape index (κ3) is 2.93. The second-order valence-corrected chi connectivity index (χ2v) is 7.09. The molecule has 3 saturated heterocycles. The Hall–Kier alpha value is -1.17. The third-order valence-electron chi connectivity index (χ3n) is 5.81. The van der Waals surface area contributed by atoms with Gasteiger partial charge in [0.2, 0.25) is 5.91 Å². The summed E-state index contributed by atoms with van der Waals surface area (Å²) in [5.74, 6) is 1.04. The van der Waals surface area contributed by atoms with Gasteiger partial charge < -0.3 is 15.0 Å². The van der Waals surface area contributed by atoms with Crippen molar-refractivity contribution >= 4 is 18.3 Å². The van der Waals surface area contributed by atoms with E-state index >= 15 is 0 Å². The topological polar surface area (TPSA) is 41.6 Å². The molecule has 1 aromatic rings. The lowest BCUT2D eigenvalue weighted by molar-refractivity contribution is -0.140. The summed E-state index contributed by atoms with van der Waals surface area (Å²) in [4.78, 5) is 15.4. The van der Waals surface area contributed by atoms with Crippen molar-refractivity contribution in [2.75, 3.05) is 39.4 Å². The standard InChI is InChI=1S/C18H23FN2O2.ClH/c19-16-3-1-2-15(8-16)18(4-6-23-7-5-18)17(22)21-11-13-9-20-10-14(13)12-21;/h1-3,8,13-14,20H,4-7,9-12H2;1H/t13-,14+;. The van der Waals surface area contributed by atoms with Crippen LogP contribution in [0.25, 0.3) is 0 Å². The Labute approximate surface area is 148 Å². The van der Waals surface area contributed by atoms with Gasteiger partial charge in [0.1, 0.15) is 5.82 Å². The van der Waals surface area contributed by atoms with Crippen LogP contribution in [0, 0.1) is 17.7 Å². The first kappa shape index (κ1) is 17.6. The number of likely N-dealkylation sites (tertiary alicyclic amines) is 1. The first-order valence-electron chi connectivity index (χ1n) is 8.53. The summed E-state index contributed by atoms with van der Waals surface area (Å²) in [5, 5.41) is 3.40. The summed E-state index contributed by atoms with van der Waals surface area (Å²) >= 11 is 0. The quantitative estimate of drug-likeness (QED) is 0.883. The van der Waals surface area contributed by atoms with E-state index in [0.717, 1.165) is 31.7 Å². The second-order valence-electron chi connectivity index (χ2n) is 7.09. The van der Waals surface area contributed by atoms with Crippen molar-refractivity contribution in [3.63, 3.8) is 0 Å². The molecule has 0 aromatic heterocycles. The molecule has 2 atom stereocenters. The molecule has 0 bridgehead atoms. The first-order valence-corrected chi connectivity index (χ1v) is 8.53. The van der Waals surface area contributed by atoms with Crippen molar-refractivity contribution in [1.29, 1.82) is 0 Å². The van der Waals surface area contributed by atoms with Crippen molar-refractivity contribution in [2.45, 2.75) is 18.3 Å². The van der Waals surface area contributed by atoms with Crippen LogP contribution in [0.15, 0.2) is 24.3 Å². The van der Waals surface area contributed by atoms with Crippen molar-refractivity contribution in [3.8, 4) is 0 Å². The van der Waals surface area contributed by atoms with Crippen LogP contribution in [0.2, 0.25) is 0 Å². The fraction of sp³-hybridized carbons (Fsp3) is 0.611. The number of rotatable bonds is 2. The Morgan fingerprint density at radius 3 is 2.50 bits per heavy atom. The number of hydrogen-bond acceptors (Lipinski definition) is 3. The zero-order valence-electron chi connectivity index (χ0n) is 13.7. The lowest BCUT2D eigenvalue weighted by Crippen LogP contribution is -2.49. The van der Waals surface area contributed by atoms with E-state index in [-0.39, 0.29) is 24.1 Å². The van der Waals surface area contributed by atoms with Gasteiger partial charge in [-0.25, -0.2) is 4.39 Å². The number of nitrogens with zero attached hydrogens (tertiary/aromatic N) is 1. The van der Waals surface area contributed by atoms with E-state index in [1.807, 2.05) is 11.0 Å². The van der Waals surface area contributed by atoms with E-state index in [1.165, 1.54) is 12.1 Å². The summed E-state index contributed by atoms with van der Waals surface area (Å²) in [5.41, 5.74) is 0.188. The lowest BCUT2D eigenvalue weighted by Gasteiger charge is -2.39. The number of amides is 1. The van der Waals surface area contributed by atoms with Crippen LogP contribution >= 0.6 is 12.4 Å². The maximum atomic E-state index is 13.8. The highest BCUT2D eigenvalue weighted by Gasteiger charge is 2.48. The van der Waals surface area contributed by atoms with Crippen LogP contribution in [0.5, 0.6) is 0 Å². The van der Waals surface area contributed by atoms with Gasteiger partial charge in [0.15, 0.2) is 0 Å². The molecular formula is C18H24ClFN2O2. The van der Waals surface area contributed by atoms with E-state index in [4.69, 9.17) is 4.74 Å². The Morgan fingerprint density at radius 2 is 1.88 bits per heavy atom. The molecule has 1 N–H and O–H groups in total. The molecule has 3 heterocycles. The number of benzene rings is 1. The SMILES string of the molecule is Cl.O=C(N1C[C@H]2CNC[C@H]2C1)C1(c2cccc(F)c2)CCOCC1. The van der Waals surface area contributed by atoms with Gasteiger partial charge in [-0.05, 0) is 42.4 Å². The van der Waals surface area contributed by atoms with Gasteiger partial charge in [-0.15, -0.1) is 12.4 Å². The Morgan fingerprint density at radius 1 is 1.21 bits per heavy atom. The third-order valence-corrected chi connectivity index (χ3v) is 5.81. The Kier molecular flexibility index (Phi) is 5.13. The molecule has 0 saturated carbocycles. The van der Waals surface area contributed by atoms with E-state index in [9.17, 15) is 9.18 Å². The number of ether oxygens (including phenoxy) is 1. The molecule has 4 nitrogen and oxygen atoms in total. The minimum atomic E-state index is -0.619. The monoisotopic (exact) mass is 354 g/mol. The van der Waals surface area contributed by atoms with Gasteiger partial charge in [0.25, 0.3) is 0 Å². The molecule has 0 spiro atoms. The molecular weight excluding hydrogens is 331 g/mol. The summed E-state index contributed by atoms with van der Waals surface area (Å²) in [6.07, 6.45) is 1.28. The van der Waals surface area contributed by atoms with E-state index in [0.29, 0.717) is 37.9 Å². The van der Waals surface area contributed by atoms with Crippen LogP contribution in [-0.2, 0) is 14.9 Å². The minimum absolute atomic E-state index is 0. The first-order chi connectivity index (χ1) is 11.2. The second kappa shape index (κ2) is 6.98. The smallest absolute Gasteiger partial charge is 0.233 e. The predicted octanol–water partition coefficient (Wildman–Crippen LogP) is 1.97. The van der Waals surface area contributed by atoms with Gasteiger partial charge >= 0.3 is 0 Å². The highest BCUT2D eigenvalue weighted by molar-refractivity contribution is 5.88. The van der Waals surface area contributed by atoms with Crippen LogP contribution in [0.1, 0.15) is 18.4 Å². The van der Waals surface area contributed by atoms with Gasteiger partial charge in [0, 0.05) is 39.4 Å². The molecule has 6 heteroatoms. The molecule has 3 aliphatic rings. The Bertz CT molecular complexity index is 594. The average Bonchev–Trinajstić information content (AvgIpc) is 3.16. The van der Waals surface area contributed by atoms with E-state index in [2.05, 4.69) is 5.32 Å². The van der Waals surface area contributed by atoms with E-state index < -0.39 is 5.41 Å². The molecule has 4 rings (SSSR count). The minimum Gasteiger partial charge on any atom is -0.381 e. The van der Waals surface area contributed by atoms with Gasteiger partial charge in [0.05, 0.1) is 5.41 Å². The number of nitrogens with one attached hydrogen (secondary N) is 1. The summed E-state index contributed by atoms with van der Waals surface area (Å²) in [7, 11) is 0. The van der Waals surface area contributed by atoms with Crippen molar-refractivity contribution in [1.82, 2.24) is 10.2 Å². The van der Waals surface area contributed by atoms with Crippen molar-refractivity contribution < 1.29 is 13.9 Å². The normalized spacial score (nSPS) is 28.3. The maximum Gasteiger partial charge on any atom is 0.233 e. The number of fused-ring (bicyclic) bond motifs is 1. The van der Waals surface area contributed by atoms with Gasteiger partial charge in [-0.2, -0.15) is 0 Å². The maximum absolute atomic E-state index is 13.8. The molecule has 1 amide bonds. The summed E-state index contributed by atoms with van der Waals surface area (Å²) in [6.45, 7) is 4.78. The molecule has 132 valence electrons. The van der Waals surface area contributed by atoms with Crippen LogP contribution in [0.3, 0.4) is 0 Å². The van der Waals surface area contributed by atoms with Crippen molar-refractivity contribution in [2.24, 2.45) is 11.8 Å². The fourth-order valence-electron chi connectivity index (χ4n) is 4.46. The largest absolute Gasteiger partial charge is 0.381 e. The molecule has 0 aliphatic carbocycles. The summed E-state index contributed by atoms with van der Waals surface area (Å²) < 4.78 is 19.2. The number of carbonyl (C=O) groups is 1. The Balaban J connectivity index is 0.00000169. The van der Waals surface area contributed by atoms with Gasteiger partial charge in [-0.3, -0.25) is 4.79 Å². The highest BCUT2D eigenvalue weighted by atomic mass is 35.5. The fourth-order valence-corrected chi connectivity index (χ4v) is 4.46. The highest BCUT2D eigenvalue weighted by Crippen LogP contribution is 2.39. The van der Waals surface area contributed by atoms with Gasteiger partial charge in [-0.1, -0.05) is 12.1 Å². The van der Waals surface area contributed by atoms with Crippen LogP contribution < -0.4 is 5.32 Å². The van der Waals surface area contributed by atoms with E-state index in [1.54, 1.807) is 6.07 Å².